The van der Waals surface area contributed by atoms with Gasteiger partial charge in [0.1, 0.15) is 5.75 Å². The van der Waals surface area contributed by atoms with Crippen molar-refractivity contribution >= 4 is 11.8 Å². The van der Waals surface area contributed by atoms with Crippen LogP contribution in [0.25, 0.3) is 0 Å². The van der Waals surface area contributed by atoms with Crippen LogP contribution in [0.15, 0.2) is 84.9 Å². The first-order valence-corrected chi connectivity index (χ1v) is 8.54. The van der Waals surface area contributed by atoms with E-state index in [9.17, 15) is 22.8 Å². The number of hydrogen-bond acceptors (Lipinski definition) is 4. The van der Waals surface area contributed by atoms with Crippen LogP contribution in [0.3, 0.4) is 0 Å². The zero-order valence-corrected chi connectivity index (χ0v) is 14.9. The van der Waals surface area contributed by atoms with Crippen LogP contribution < -0.4 is 4.74 Å². The second kappa shape index (κ2) is 8.60. The molecule has 148 valence electrons. The summed E-state index contributed by atoms with van der Waals surface area (Å²) in [5, 5.41) is 0. The Bertz CT molecular complexity index is 968. The van der Waals surface area contributed by atoms with E-state index in [1.54, 1.807) is 60.7 Å². The summed E-state index contributed by atoms with van der Waals surface area (Å²) in [5.41, 5.74) is 0.830. The first-order chi connectivity index (χ1) is 13.8. The fourth-order valence-corrected chi connectivity index (χ4v) is 2.62. The van der Waals surface area contributed by atoms with Crippen molar-refractivity contribution in [2.75, 3.05) is 0 Å². The number of alkyl halides is 3. The second-order valence-corrected chi connectivity index (χ2v) is 6.00. The summed E-state index contributed by atoms with van der Waals surface area (Å²) < 4.78 is 46.0. The number of carbonyl (C=O) groups excluding carboxylic acids is 2. The summed E-state index contributed by atoms with van der Waals surface area (Å²) in [4.78, 5) is 25.4. The Morgan fingerprint density at radius 2 is 1.28 bits per heavy atom. The average molecular weight is 400 g/mol. The minimum Gasteiger partial charge on any atom is -0.445 e. The Morgan fingerprint density at radius 1 is 0.724 bits per heavy atom. The van der Waals surface area contributed by atoms with Crippen LogP contribution in [0.1, 0.15) is 32.4 Å². The van der Waals surface area contributed by atoms with Crippen molar-refractivity contribution < 1.29 is 32.2 Å². The third-order valence-corrected chi connectivity index (χ3v) is 3.95. The van der Waals surface area contributed by atoms with Crippen LogP contribution >= 0.6 is 0 Å². The molecule has 0 aliphatic heterocycles. The topological polar surface area (TPSA) is 52.6 Å². The van der Waals surface area contributed by atoms with Crippen LogP contribution in [0.2, 0.25) is 0 Å². The highest BCUT2D eigenvalue weighted by atomic mass is 19.4. The Kier molecular flexibility index (Phi) is 5.97. The Balaban J connectivity index is 1.82. The van der Waals surface area contributed by atoms with Gasteiger partial charge >= 0.3 is 12.3 Å². The maximum absolute atomic E-state index is 12.9. The molecule has 0 spiro atoms. The van der Waals surface area contributed by atoms with Crippen LogP contribution in [-0.2, 0) is 4.74 Å². The number of halogens is 3. The van der Waals surface area contributed by atoms with Gasteiger partial charge in [0.15, 0.2) is 6.10 Å². The van der Waals surface area contributed by atoms with Crippen LogP contribution in [-0.4, -0.2) is 18.1 Å². The summed E-state index contributed by atoms with van der Waals surface area (Å²) in [6.45, 7) is 0. The van der Waals surface area contributed by atoms with Crippen molar-refractivity contribution in [1.82, 2.24) is 0 Å². The molecule has 0 saturated carbocycles. The molecule has 7 heteroatoms. The molecule has 0 radical (unpaired) electrons. The van der Waals surface area contributed by atoms with Gasteiger partial charge in [-0.3, -0.25) is 4.79 Å². The summed E-state index contributed by atoms with van der Waals surface area (Å²) in [6, 6.07) is 21.1. The third kappa shape index (κ3) is 5.44. The molecule has 0 fully saturated rings. The summed E-state index contributed by atoms with van der Waals surface area (Å²) in [5.74, 6) is -1.72. The predicted molar refractivity (Wildman–Crippen MR) is 98.5 cm³/mol. The van der Waals surface area contributed by atoms with Crippen molar-refractivity contribution in [3.05, 3.63) is 102 Å². The Hall–Kier alpha value is -3.61. The molecule has 0 aliphatic rings. The molecule has 0 saturated heterocycles. The molecule has 3 rings (SSSR count). The van der Waals surface area contributed by atoms with E-state index >= 15 is 0 Å². The molecule has 0 heterocycles. The average Bonchev–Trinajstić information content (AvgIpc) is 2.72. The summed E-state index contributed by atoms with van der Waals surface area (Å²) in [7, 11) is 0. The molecule has 0 bridgehead atoms. The van der Waals surface area contributed by atoms with E-state index in [-0.39, 0.29) is 5.56 Å². The fourth-order valence-electron chi connectivity index (χ4n) is 2.62. The highest BCUT2D eigenvalue weighted by Gasteiger charge is 2.31. The maximum Gasteiger partial charge on any atom is 0.573 e. The van der Waals surface area contributed by atoms with Crippen molar-refractivity contribution in [1.29, 1.82) is 0 Å². The van der Waals surface area contributed by atoms with E-state index < -0.39 is 30.0 Å². The van der Waals surface area contributed by atoms with Crippen molar-refractivity contribution in [2.45, 2.75) is 12.5 Å². The van der Waals surface area contributed by atoms with Gasteiger partial charge in [-0.1, -0.05) is 60.7 Å². The molecule has 3 aromatic rings. The van der Waals surface area contributed by atoms with Crippen LogP contribution in [0.4, 0.5) is 13.2 Å². The van der Waals surface area contributed by atoms with E-state index in [0.29, 0.717) is 11.1 Å². The maximum atomic E-state index is 12.9. The van der Waals surface area contributed by atoms with Crippen molar-refractivity contribution in [3.8, 4) is 5.75 Å². The number of ketones is 1. The predicted octanol–water partition coefficient (Wildman–Crippen LogP) is 5.37. The van der Waals surface area contributed by atoms with Gasteiger partial charge in [-0.15, -0.1) is 13.2 Å². The van der Waals surface area contributed by atoms with Gasteiger partial charge in [0.25, 0.3) is 0 Å². The van der Waals surface area contributed by atoms with Gasteiger partial charge in [-0.2, -0.15) is 0 Å². The lowest BCUT2D eigenvalue weighted by Gasteiger charge is -2.17. The lowest BCUT2D eigenvalue weighted by Crippen LogP contribution is -2.20. The number of ether oxygens (including phenoxy) is 2. The first-order valence-electron chi connectivity index (χ1n) is 8.54. The lowest BCUT2D eigenvalue weighted by atomic mass is 10.00. The van der Waals surface area contributed by atoms with E-state index in [0.717, 1.165) is 24.3 Å². The lowest BCUT2D eigenvalue weighted by molar-refractivity contribution is -0.274. The van der Waals surface area contributed by atoms with E-state index in [4.69, 9.17) is 4.74 Å². The molecule has 0 amide bonds. The number of rotatable bonds is 6. The zero-order chi connectivity index (χ0) is 20.9. The van der Waals surface area contributed by atoms with Crippen LogP contribution in [0, 0.1) is 0 Å². The molecule has 1 atom stereocenters. The Labute approximate surface area is 164 Å². The molecule has 0 aliphatic carbocycles. The molecule has 0 N–H and O–H groups in total. The summed E-state index contributed by atoms with van der Waals surface area (Å²) >= 11 is 0. The normalized spacial score (nSPS) is 12.1. The van der Waals surface area contributed by atoms with Gasteiger partial charge in [-0.05, 0) is 24.3 Å². The van der Waals surface area contributed by atoms with E-state index in [2.05, 4.69) is 4.74 Å². The largest absolute Gasteiger partial charge is 0.573 e. The summed E-state index contributed by atoms with van der Waals surface area (Å²) in [6.07, 6.45) is -6.03. The molecule has 4 nitrogen and oxygen atoms in total. The minimum atomic E-state index is -4.83. The van der Waals surface area contributed by atoms with E-state index in [1.165, 1.54) is 0 Å². The number of esters is 1. The smallest absolute Gasteiger partial charge is 0.445 e. The standard InChI is InChI=1S/C22H15F3O4/c23-22(24,25)29-18-13-11-17(12-14-18)21(27)28-20(16-9-5-2-6-10-16)19(26)15-7-3-1-4-8-15/h1-14,20H. The molecule has 0 aromatic heterocycles. The molecular weight excluding hydrogens is 385 g/mol. The molecular formula is C22H15F3O4. The Morgan fingerprint density at radius 3 is 1.83 bits per heavy atom. The monoisotopic (exact) mass is 400 g/mol. The second-order valence-electron chi connectivity index (χ2n) is 6.00. The quantitative estimate of drug-likeness (QED) is 0.413. The fraction of sp³-hybridized carbons (Fsp3) is 0.0909. The minimum absolute atomic E-state index is 0.0127. The third-order valence-electron chi connectivity index (χ3n) is 3.95. The van der Waals surface area contributed by atoms with Gasteiger partial charge in [0.2, 0.25) is 5.78 Å². The zero-order valence-electron chi connectivity index (χ0n) is 14.9. The SMILES string of the molecule is O=C(OC(C(=O)c1ccccc1)c1ccccc1)c1ccc(OC(F)(F)F)cc1. The molecule has 1 unspecified atom stereocenters. The van der Waals surface area contributed by atoms with Crippen molar-refractivity contribution in [3.63, 3.8) is 0 Å². The molecule has 29 heavy (non-hydrogen) atoms. The van der Waals surface area contributed by atoms with Gasteiger partial charge in [-0.25, -0.2) is 4.79 Å². The molecule has 3 aromatic carbocycles. The first kappa shape index (κ1) is 20.1. The van der Waals surface area contributed by atoms with Gasteiger partial charge < -0.3 is 9.47 Å². The number of hydrogen-bond donors (Lipinski definition) is 0. The highest BCUT2D eigenvalue weighted by molar-refractivity contribution is 6.02. The van der Waals surface area contributed by atoms with Gasteiger partial charge in [0.05, 0.1) is 5.56 Å². The van der Waals surface area contributed by atoms with Crippen LogP contribution in [0.5, 0.6) is 5.75 Å². The number of Topliss-reactive ketones (excluding diaryl/α,β-unsaturated/α-hetero) is 1. The van der Waals surface area contributed by atoms with Gasteiger partial charge in [0, 0.05) is 11.1 Å². The number of carbonyl (C=O) groups is 2. The van der Waals surface area contributed by atoms with E-state index in [1.807, 2.05) is 0 Å². The van der Waals surface area contributed by atoms with Crippen molar-refractivity contribution in [2.24, 2.45) is 0 Å². The number of benzene rings is 3. The highest BCUT2D eigenvalue weighted by Crippen LogP contribution is 2.26.